The summed E-state index contributed by atoms with van der Waals surface area (Å²) in [5, 5.41) is 0. The van der Waals surface area contributed by atoms with Crippen molar-refractivity contribution in [1.29, 1.82) is 0 Å². The Bertz CT molecular complexity index is 754. The van der Waals surface area contributed by atoms with Gasteiger partial charge in [0, 0.05) is 24.8 Å². The van der Waals surface area contributed by atoms with E-state index >= 15 is 0 Å². The molecule has 1 aliphatic carbocycles. The first-order valence-electron chi connectivity index (χ1n) is 7.39. The average Bonchev–Trinajstić information content (AvgIpc) is 2.75. The molecule has 0 radical (unpaired) electrons. The number of aryl methyl sites for hydroxylation is 2. The molecule has 0 fully saturated rings. The van der Waals surface area contributed by atoms with Crippen LogP contribution in [0.5, 0.6) is 5.75 Å². The van der Waals surface area contributed by atoms with Crippen LogP contribution >= 0.6 is 0 Å². The van der Waals surface area contributed by atoms with Crippen molar-refractivity contribution in [1.82, 2.24) is 0 Å². The van der Waals surface area contributed by atoms with Crippen molar-refractivity contribution in [2.24, 2.45) is 0 Å². The van der Waals surface area contributed by atoms with Gasteiger partial charge in [0.1, 0.15) is 5.75 Å². The van der Waals surface area contributed by atoms with Gasteiger partial charge in [0.2, 0.25) is 0 Å². The van der Waals surface area contributed by atoms with Crippen LogP contribution in [0.15, 0.2) is 36.4 Å². The molecular weight excluding hydrogens is 276 g/mol. The molecule has 1 atom stereocenters. The first-order chi connectivity index (χ1) is 10.5. The van der Waals surface area contributed by atoms with Crippen LogP contribution in [0.2, 0.25) is 0 Å². The molecule has 0 heterocycles. The van der Waals surface area contributed by atoms with E-state index in [1.807, 2.05) is 12.1 Å². The summed E-state index contributed by atoms with van der Waals surface area (Å²) >= 11 is 0. The lowest BCUT2D eigenvalue weighted by Crippen LogP contribution is -2.03. The van der Waals surface area contributed by atoms with Gasteiger partial charge in [0.05, 0.1) is 0 Å². The molecule has 0 saturated heterocycles. The molecule has 22 heavy (non-hydrogen) atoms. The molecule has 3 nitrogen and oxygen atoms in total. The van der Waals surface area contributed by atoms with E-state index in [1.165, 1.54) is 23.6 Å². The minimum absolute atomic E-state index is 0.0927. The van der Waals surface area contributed by atoms with E-state index in [2.05, 4.69) is 26.0 Å². The second-order valence-electron chi connectivity index (χ2n) is 5.83. The highest BCUT2D eigenvalue weighted by Gasteiger charge is 2.32. The summed E-state index contributed by atoms with van der Waals surface area (Å²) in [5.41, 5.74) is 5.34. The summed E-state index contributed by atoms with van der Waals surface area (Å²) < 4.78 is 5.09. The zero-order chi connectivity index (χ0) is 15.9. The molecule has 0 saturated carbocycles. The second kappa shape index (κ2) is 5.41. The molecule has 0 amide bonds. The van der Waals surface area contributed by atoms with Crippen molar-refractivity contribution in [2.75, 3.05) is 0 Å². The largest absolute Gasteiger partial charge is 0.427 e. The maximum Gasteiger partial charge on any atom is 0.308 e. The predicted molar refractivity (Wildman–Crippen MR) is 84.5 cm³/mol. The maximum absolute atomic E-state index is 12.4. The summed E-state index contributed by atoms with van der Waals surface area (Å²) in [6, 6.07) is 11.6. The lowest BCUT2D eigenvalue weighted by atomic mass is 9.87. The highest BCUT2D eigenvalue weighted by molar-refractivity contribution is 6.02. The lowest BCUT2D eigenvalue weighted by Gasteiger charge is -2.17. The van der Waals surface area contributed by atoms with E-state index < -0.39 is 0 Å². The number of ether oxygens (including phenoxy) is 1. The zero-order valence-electron chi connectivity index (χ0n) is 13.0. The molecule has 1 aliphatic rings. The minimum Gasteiger partial charge on any atom is -0.427 e. The van der Waals surface area contributed by atoms with Crippen molar-refractivity contribution in [2.45, 2.75) is 33.1 Å². The fourth-order valence-corrected chi connectivity index (χ4v) is 3.35. The highest BCUT2D eigenvalue weighted by atomic mass is 16.5. The number of ketones is 1. The van der Waals surface area contributed by atoms with Gasteiger partial charge < -0.3 is 4.74 Å². The Morgan fingerprint density at radius 3 is 2.45 bits per heavy atom. The number of carbonyl (C=O) groups is 2. The molecule has 3 heteroatoms. The summed E-state index contributed by atoms with van der Waals surface area (Å²) in [5.74, 6) is 0.255. The minimum atomic E-state index is -0.378. The van der Waals surface area contributed by atoms with Gasteiger partial charge in [-0.3, -0.25) is 9.59 Å². The number of hydrogen-bond acceptors (Lipinski definition) is 3. The smallest absolute Gasteiger partial charge is 0.308 e. The van der Waals surface area contributed by atoms with E-state index in [0.717, 1.165) is 5.56 Å². The number of hydrogen-bond donors (Lipinski definition) is 0. The van der Waals surface area contributed by atoms with Gasteiger partial charge in [-0.1, -0.05) is 24.3 Å². The van der Waals surface area contributed by atoms with E-state index in [1.54, 1.807) is 12.1 Å². The number of Topliss-reactive ketones (excluding diaryl/α,β-unsaturated/α-hetero) is 1. The van der Waals surface area contributed by atoms with Crippen LogP contribution < -0.4 is 4.74 Å². The Morgan fingerprint density at radius 2 is 1.82 bits per heavy atom. The Hall–Kier alpha value is -2.42. The van der Waals surface area contributed by atoms with Crippen LogP contribution in [0.25, 0.3) is 0 Å². The number of esters is 1. The quantitative estimate of drug-likeness (QED) is 0.622. The standard InChI is InChI=1S/C19H18O3/c1-11-5-4-6-12(2)19(11)17-10-18(21)16-9-14(22-13(3)20)7-8-15(16)17/h4-9,17H,10H2,1-3H3. The Kier molecular flexibility index (Phi) is 3.57. The number of benzene rings is 2. The highest BCUT2D eigenvalue weighted by Crippen LogP contribution is 2.41. The van der Waals surface area contributed by atoms with Crippen molar-refractivity contribution in [3.63, 3.8) is 0 Å². The summed E-state index contributed by atoms with van der Waals surface area (Å²) in [4.78, 5) is 23.4. The summed E-state index contributed by atoms with van der Waals surface area (Å²) in [6.45, 7) is 5.52. The van der Waals surface area contributed by atoms with Crippen molar-refractivity contribution in [3.05, 3.63) is 64.2 Å². The van der Waals surface area contributed by atoms with Crippen molar-refractivity contribution >= 4 is 11.8 Å². The number of fused-ring (bicyclic) bond motifs is 1. The van der Waals surface area contributed by atoms with Crippen LogP contribution in [-0.4, -0.2) is 11.8 Å². The van der Waals surface area contributed by atoms with Gasteiger partial charge in [-0.2, -0.15) is 0 Å². The fourth-order valence-electron chi connectivity index (χ4n) is 3.35. The second-order valence-corrected chi connectivity index (χ2v) is 5.83. The van der Waals surface area contributed by atoms with E-state index in [0.29, 0.717) is 17.7 Å². The van der Waals surface area contributed by atoms with Crippen LogP contribution in [0.4, 0.5) is 0 Å². The molecule has 2 aromatic rings. The normalized spacial score (nSPS) is 16.5. The number of rotatable bonds is 2. The van der Waals surface area contributed by atoms with Gasteiger partial charge in [-0.15, -0.1) is 0 Å². The van der Waals surface area contributed by atoms with E-state index in [9.17, 15) is 9.59 Å². The molecule has 3 rings (SSSR count). The third-order valence-corrected chi connectivity index (χ3v) is 4.24. The first-order valence-corrected chi connectivity index (χ1v) is 7.39. The van der Waals surface area contributed by atoms with Gasteiger partial charge in [0.15, 0.2) is 5.78 Å². The average molecular weight is 294 g/mol. The molecule has 112 valence electrons. The first kappa shape index (κ1) is 14.5. The Labute approximate surface area is 129 Å². The Morgan fingerprint density at radius 1 is 1.14 bits per heavy atom. The molecule has 0 N–H and O–H groups in total. The predicted octanol–water partition coefficient (Wildman–Crippen LogP) is 3.95. The SMILES string of the molecule is CC(=O)Oc1ccc2c(c1)C(=O)CC2c1c(C)cccc1C. The third-order valence-electron chi connectivity index (χ3n) is 4.24. The van der Waals surface area contributed by atoms with Crippen LogP contribution in [0, 0.1) is 13.8 Å². The zero-order valence-corrected chi connectivity index (χ0v) is 13.0. The molecule has 1 unspecified atom stereocenters. The molecule has 0 bridgehead atoms. The van der Waals surface area contributed by atoms with Gasteiger partial charge >= 0.3 is 5.97 Å². The fraction of sp³-hybridized carbons (Fsp3) is 0.263. The number of carbonyl (C=O) groups excluding carboxylic acids is 2. The van der Waals surface area contributed by atoms with Crippen LogP contribution in [0.1, 0.15) is 51.9 Å². The summed E-state index contributed by atoms with van der Waals surface area (Å²) in [6.07, 6.45) is 0.477. The van der Waals surface area contributed by atoms with Gasteiger partial charge in [-0.25, -0.2) is 0 Å². The maximum atomic E-state index is 12.4. The van der Waals surface area contributed by atoms with E-state index in [4.69, 9.17) is 4.74 Å². The molecular formula is C19H18O3. The monoisotopic (exact) mass is 294 g/mol. The Balaban J connectivity index is 2.07. The third kappa shape index (κ3) is 2.43. The summed E-state index contributed by atoms with van der Waals surface area (Å²) in [7, 11) is 0. The molecule has 0 aromatic heterocycles. The van der Waals surface area contributed by atoms with Gasteiger partial charge in [-0.05, 0) is 48.2 Å². The molecule has 0 aliphatic heterocycles. The van der Waals surface area contributed by atoms with Crippen LogP contribution in [-0.2, 0) is 4.79 Å². The van der Waals surface area contributed by atoms with E-state index in [-0.39, 0.29) is 17.7 Å². The lowest BCUT2D eigenvalue weighted by molar-refractivity contribution is -0.131. The van der Waals surface area contributed by atoms with Crippen LogP contribution in [0.3, 0.4) is 0 Å². The van der Waals surface area contributed by atoms with Crippen molar-refractivity contribution in [3.8, 4) is 5.75 Å². The van der Waals surface area contributed by atoms with Gasteiger partial charge in [0.25, 0.3) is 0 Å². The molecule has 0 spiro atoms. The van der Waals surface area contributed by atoms with Crippen molar-refractivity contribution < 1.29 is 14.3 Å². The topological polar surface area (TPSA) is 43.4 Å². The molecule has 2 aromatic carbocycles.